The molecule has 0 unspecified atom stereocenters. The summed E-state index contributed by atoms with van der Waals surface area (Å²) in [6.45, 7) is 1.70. The first kappa shape index (κ1) is 16.2. The molecule has 114 valence electrons. The van der Waals surface area contributed by atoms with Crippen molar-refractivity contribution in [1.82, 2.24) is 5.32 Å². The zero-order valence-electron chi connectivity index (χ0n) is 12.3. The first-order chi connectivity index (χ1) is 10.2. The van der Waals surface area contributed by atoms with Gasteiger partial charge in [-0.05, 0) is 56.8 Å². The average Bonchev–Trinajstić information content (AvgIpc) is 2.48. The Morgan fingerprint density at radius 3 is 2.90 bits per heavy atom. The minimum atomic E-state index is 0.0532. The van der Waals surface area contributed by atoms with Crippen LogP contribution >= 0.6 is 15.9 Å². The largest absolute Gasteiger partial charge is 0.326 e. The zero-order chi connectivity index (χ0) is 14.9. The molecule has 3 nitrogen and oxygen atoms in total. The van der Waals surface area contributed by atoms with E-state index in [-0.39, 0.29) is 5.91 Å². The Hall–Kier alpha value is -1.13. The Morgan fingerprint density at radius 2 is 2.14 bits per heavy atom. The summed E-state index contributed by atoms with van der Waals surface area (Å²) >= 11 is 3.39. The molecule has 1 aromatic carbocycles. The molecule has 0 spiro atoms. The molecule has 2 rings (SSSR count). The highest BCUT2D eigenvalue weighted by Crippen LogP contribution is 2.19. The molecule has 0 bridgehead atoms. The van der Waals surface area contributed by atoms with Gasteiger partial charge < -0.3 is 10.6 Å². The van der Waals surface area contributed by atoms with E-state index in [2.05, 4.69) is 32.6 Å². The summed E-state index contributed by atoms with van der Waals surface area (Å²) in [7, 11) is 0. The second-order valence-electron chi connectivity index (χ2n) is 5.42. The highest BCUT2D eigenvalue weighted by molar-refractivity contribution is 9.10. The van der Waals surface area contributed by atoms with E-state index in [4.69, 9.17) is 0 Å². The van der Waals surface area contributed by atoms with Crippen molar-refractivity contribution in [2.24, 2.45) is 0 Å². The number of hydrogen-bond acceptors (Lipinski definition) is 2. The van der Waals surface area contributed by atoms with Crippen molar-refractivity contribution in [3.63, 3.8) is 0 Å². The lowest BCUT2D eigenvalue weighted by Crippen LogP contribution is -2.23. The maximum atomic E-state index is 11.8. The van der Waals surface area contributed by atoms with Crippen LogP contribution in [0, 0.1) is 0 Å². The Morgan fingerprint density at radius 1 is 1.24 bits per heavy atom. The molecule has 1 aliphatic carbocycles. The van der Waals surface area contributed by atoms with E-state index in [1.165, 1.54) is 25.7 Å². The molecular formula is C17H23BrN2O. The van der Waals surface area contributed by atoms with Crippen LogP contribution in [0.5, 0.6) is 0 Å². The van der Waals surface area contributed by atoms with Crippen LogP contribution in [0.4, 0.5) is 5.69 Å². The molecule has 1 amide bonds. The second-order valence-corrected chi connectivity index (χ2v) is 6.33. The van der Waals surface area contributed by atoms with Crippen LogP contribution < -0.4 is 10.6 Å². The monoisotopic (exact) mass is 350 g/mol. The molecule has 0 saturated carbocycles. The number of allylic oxidation sites excluding steroid dienone is 1. The van der Waals surface area contributed by atoms with E-state index in [9.17, 15) is 4.79 Å². The van der Waals surface area contributed by atoms with Crippen LogP contribution in [0.2, 0.25) is 0 Å². The molecule has 0 heterocycles. The minimum absolute atomic E-state index is 0.0532. The van der Waals surface area contributed by atoms with Crippen molar-refractivity contribution in [1.29, 1.82) is 0 Å². The Balaban J connectivity index is 1.58. The van der Waals surface area contributed by atoms with Crippen LogP contribution in [0.1, 0.15) is 38.5 Å². The first-order valence-corrected chi connectivity index (χ1v) is 8.47. The number of halogens is 1. The summed E-state index contributed by atoms with van der Waals surface area (Å²) in [5, 5.41) is 6.25. The zero-order valence-corrected chi connectivity index (χ0v) is 13.9. The fourth-order valence-corrected chi connectivity index (χ4v) is 2.90. The maximum absolute atomic E-state index is 11.8. The number of carbonyl (C=O) groups excluding carboxylic acids is 1. The number of anilines is 1. The van der Waals surface area contributed by atoms with E-state index < -0.39 is 0 Å². The van der Waals surface area contributed by atoms with E-state index in [1.54, 1.807) is 5.57 Å². The molecular weight excluding hydrogens is 328 g/mol. The summed E-state index contributed by atoms with van der Waals surface area (Å²) < 4.78 is 0.971. The quantitative estimate of drug-likeness (QED) is 0.569. The smallest absolute Gasteiger partial charge is 0.225 e. The van der Waals surface area contributed by atoms with Gasteiger partial charge in [0.25, 0.3) is 0 Å². The number of rotatable bonds is 7. The number of nitrogens with one attached hydrogen (secondary N) is 2. The molecule has 4 heteroatoms. The van der Waals surface area contributed by atoms with Gasteiger partial charge in [0.05, 0.1) is 0 Å². The maximum Gasteiger partial charge on any atom is 0.225 e. The fourth-order valence-electron chi connectivity index (χ4n) is 2.50. The molecule has 1 aromatic rings. The van der Waals surface area contributed by atoms with E-state index >= 15 is 0 Å². The van der Waals surface area contributed by atoms with Crippen molar-refractivity contribution >= 4 is 27.5 Å². The van der Waals surface area contributed by atoms with Crippen molar-refractivity contribution < 1.29 is 4.79 Å². The topological polar surface area (TPSA) is 41.1 Å². The first-order valence-electron chi connectivity index (χ1n) is 7.68. The van der Waals surface area contributed by atoms with Gasteiger partial charge in [-0.2, -0.15) is 0 Å². The Kier molecular flexibility index (Phi) is 6.96. The normalized spacial score (nSPS) is 14.6. The SMILES string of the molecule is O=C(CCNCCC1=CCCCC1)Nc1cccc(Br)c1. The average molecular weight is 351 g/mol. The van der Waals surface area contributed by atoms with Crippen molar-refractivity contribution in [3.05, 3.63) is 40.4 Å². The van der Waals surface area contributed by atoms with Crippen molar-refractivity contribution in [2.75, 3.05) is 18.4 Å². The van der Waals surface area contributed by atoms with Gasteiger partial charge in [0, 0.05) is 23.1 Å². The van der Waals surface area contributed by atoms with Gasteiger partial charge in [-0.3, -0.25) is 4.79 Å². The third kappa shape index (κ3) is 6.44. The highest BCUT2D eigenvalue weighted by atomic mass is 79.9. The standard InChI is InChI=1S/C17H23BrN2O/c18-15-7-4-8-16(13-15)20-17(21)10-12-19-11-9-14-5-2-1-3-6-14/h4-5,7-8,13,19H,1-3,6,9-12H2,(H,20,21). The van der Waals surface area contributed by atoms with Crippen molar-refractivity contribution in [3.8, 4) is 0 Å². The van der Waals surface area contributed by atoms with Crippen LogP contribution in [0.15, 0.2) is 40.4 Å². The molecule has 2 N–H and O–H groups in total. The predicted octanol–water partition coefficient (Wildman–Crippen LogP) is 4.26. The molecule has 21 heavy (non-hydrogen) atoms. The third-order valence-corrected chi connectivity index (χ3v) is 4.14. The van der Waals surface area contributed by atoms with Gasteiger partial charge >= 0.3 is 0 Å². The molecule has 0 radical (unpaired) electrons. The summed E-state index contributed by atoms with van der Waals surface area (Å²) in [5.41, 5.74) is 2.41. The highest BCUT2D eigenvalue weighted by Gasteiger charge is 2.04. The molecule has 0 fully saturated rings. The third-order valence-electron chi connectivity index (χ3n) is 3.65. The summed E-state index contributed by atoms with van der Waals surface area (Å²) in [6.07, 6.45) is 9.17. The summed E-state index contributed by atoms with van der Waals surface area (Å²) in [5.74, 6) is 0.0532. The number of amides is 1. The van der Waals surface area contributed by atoms with Gasteiger partial charge in [-0.25, -0.2) is 0 Å². The molecule has 0 aromatic heterocycles. The Bertz CT molecular complexity index is 499. The van der Waals surface area contributed by atoms with Gasteiger partial charge in [-0.15, -0.1) is 0 Å². The lowest BCUT2D eigenvalue weighted by Gasteiger charge is -2.12. The molecule has 1 aliphatic rings. The molecule has 0 atom stereocenters. The number of benzene rings is 1. The second kappa shape index (κ2) is 9.00. The lowest BCUT2D eigenvalue weighted by atomic mass is 9.97. The van der Waals surface area contributed by atoms with Crippen LogP contribution in [-0.2, 0) is 4.79 Å². The number of carbonyl (C=O) groups is 1. The lowest BCUT2D eigenvalue weighted by molar-refractivity contribution is -0.116. The van der Waals surface area contributed by atoms with E-state index in [0.717, 1.165) is 29.7 Å². The fraction of sp³-hybridized carbons (Fsp3) is 0.471. The number of hydrogen-bond donors (Lipinski definition) is 2. The molecule has 0 saturated heterocycles. The van der Waals surface area contributed by atoms with Crippen LogP contribution in [0.25, 0.3) is 0 Å². The van der Waals surface area contributed by atoms with Crippen LogP contribution in [-0.4, -0.2) is 19.0 Å². The van der Waals surface area contributed by atoms with E-state index in [0.29, 0.717) is 6.42 Å². The minimum Gasteiger partial charge on any atom is -0.326 e. The van der Waals surface area contributed by atoms with Crippen molar-refractivity contribution in [2.45, 2.75) is 38.5 Å². The van der Waals surface area contributed by atoms with Gasteiger partial charge in [-0.1, -0.05) is 33.6 Å². The van der Waals surface area contributed by atoms with E-state index in [1.807, 2.05) is 24.3 Å². The Labute approximate surface area is 135 Å². The van der Waals surface area contributed by atoms with Crippen LogP contribution in [0.3, 0.4) is 0 Å². The van der Waals surface area contributed by atoms with Gasteiger partial charge in [0.2, 0.25) is 5.91 Å². The summed E-state index contributed by atoms with van der Waals surface area (Å²) in [6, 6.07) is 7.65. The van der Waals surface area contributed by atoms with Gasteiger partial charge in [0.15, 0.2) is 0 Å². The van der Waals surface area contributed by atoms with Gasteiger partial charge in [0.1, 0.15) is 0 Å². The molecule has 0 aliphatic heterocycles. The predicted molar refractivity (Wildman–Crippen MR) is 91.4 cm³/mol. The summed E-state index contributed by atoms with van der Waals surface area (Å²) in [4.78, 5) is 11.8.